The fraction of sp³-hybridized carbons (Fsp3) is 0.385. The monoisotopic (exact) mass is 295 g/mol. The summed E-state index contributed by atoms with van der Waals surface area (Å²) < 4.78 is 5.19. The molecule has 3 rings (SSSR count). The van der Waals surface area contributed by atoms with Crippen LogP contribution in [0.25, 0.3) is 0 Å². The summed E-state index contributed by atoms with van der Waals surface area (Å²) in [4.78, 5) is 5.46. The number of hydrogen-bond donors (Lipinski definition) is 1. The average molecular weight is 296 g/mol. The standard InChI is InChI=1S/C13H14ClN3OS/c14-9-2-1-3-11(6-9)19-8-12-16-13(18-17-12)7-15-10-4-5-10/h1-3,6,10,15H,4-5,7-8H2. The predicted octanol–water partition coefficient (Wildman–Crippen LogP) is 3.27. The van der Waals surface area contributed by atoms with Crippen LogP contribution in [0.4, 0.5) is 0 Å². The molecule has 4 nitrogen and oxygen atoms in total. The third-order valence-electron chi connectivity index (χ3n) is 2.79. The number of nitrogens with zero attached hydrogens (tertiary/aromatic N) is 2. The Morgan fingerprint density at radius 1 is 1.42 bits per heavy atom. The minimum absolute atomic E-state index is 0.649. The fourth-order valence-corrected chi connectivity index (χ4v) is 2.70. The van der Waals surface area contributed by atoms with Crippen molar-refractivity contribution >= 4 is 23.4 Å². The van der Waals surface area contributed by atoms with Crippen LogP contribution in [-0.2, 0) is 12.3 Å². The molecule has 1 aromatic heterocycles. The topological polar surface area (TPSA) is 51.0 Å². The SMILES string of the molecule is Clc1cccc(SCc2noc(CNC3CC3)n2)c1. The summed E-state index contributed by atoms with van der Waals surface area (Å²) in [6.07, 6.45) is 2.51. The van der Waals surface area contributed by atoms with Crippen molar-refractivity contribution in [2.45, 2.75) is 36.1 Å². The molecule has 0 atom stereocenters. The molecule has 100 valence electrons. The number of thioether (sulfide) groups is 1. The van der Waals surface area contributed by atoms with E-state index in [-0.39, 0.29) is 0 Å². The Morgan fingerprint density at radius 3 is 3.11 bits per heavy atom. The predicted molar refractivity (Wildman–Crippen MR) is 75.2 cm³/mol. The van der Waals surface area contributed by atoms with Crippen molar-refractivity contribution in [1.29, 1.82) is 0 Å². The van der Waals surface area contributed by atoms with Crippen LogP contribution in [0, 0.1) is 0 Å². The molecule has 1 aliphatic carbocycles. The summed E-state index contributed by atoms with van der Waals surface area (Å²) >= 11 is 7.58. The van der Waals surface area contributed by atoms with Gasteiger partial charge in [-0.05, 0) is 31.0 Å². The van der Waals surface area contributed by atoms with Crippen molar-refractivity contribution in [3.8, 4) is 0 Å². The van der Waals surface area contributed by atoms with E-state index in [0.29, 0.717) is 24.2 Å². The van der Waals surface area contributed by atoms with Crippen LogP contribution in [0.2, 0.25) is 5.02 Å². The number of benzene rings is 1. The van der Waals surface area contributed by atoms with Crippen LogP contribution in [-0.4, -0.2) is 16.2 Å². The minimum atomic E-state index is 0.649. The fourth-order valence-electron chi connectivity index (χ4n) is 1.64. The summed E-state index contributed by atoms with van der Waals surface area (Å²) in [7, 11) is 0. The second-order valence-electron chi connectivity index (χ2n) is 4.51. The van der Waals surface area contributed by atoms with Gasteiger partial charge in [-0.15, -0.1) is 11.8 Å². The van der Waals surface area contributed by atoms with E-state index >= 15 is 0 Å². The molecule has 0 bridgehead atoms. The van der Waals surface area contributed by atoms with Crippen molar-refractivity contribution in [3.63, 3.8) is 0 Å². The van der Waals surface area contributed by atoms with Gasteiger partial charge >= 0.3 is 0 Å². The van der Waals surface area contributed by atoms with Crippen LogP contribution < -0.4 is 5.32 Å². The molecule has 1 fully saturated rings. The van der Waals surface area contributed by atoms with Crippen molar-refractivity contribution < 1.29 is 4.52 Å². The molecular formula is C13H14ClN3OS. The first kappa shape index (κ1) is 13.0. The van der Waals surface area contributed by atoms with Crippen LogP contribution in [0.5, 0.6) is 0 Å². The first-order valence-electron chi connectivity index (χ1n) is 6.23. The zero-order valence-electron chi connectivity index (χ0n) is 10.3. The summed E-state index contributed by atoms with van der Waals surface area (Å²) in [5.41, 5.74) is 0. The molecule has 0 aliphatic heterocycles. The smallest absolute Gasteiger partial charge is 0.240 e. The number of hydrogen-bond acceptors (Lipinski definition) is 5. The van der Waals surface area contributed by atoms with Gasteiger partial charge < -0.3 is 9.84 Å². The highest BCUT2D eigenvalue weighted by Gasteiger charge is 2.21. The first-order chi connectivity index (χ1) is 9.29. The van der Waals surface area contributed by atoms with Crippen LogP contribution >= 0.6 is 23.4 Å². The summed E-state index contributed by atoms with van der Waals surface area (Å²) in [5.74, 6) is 2.07. The van der Waals surface area contributed by atoms with E-state index in [0.717, 1.165) is 15.7 Å². The Hall–Kier alpha value is -1.04. The third-order valence-corrected chi connectivity index (χ3v) is 4.02. The van der Waals surface area contributed by atoms with Crippen molar-refractivity contribution in [2.75, 3.05) is 0 Å². The van der Waals surface area contributed by atoms with Gasteiger partial charge in [-0.3, -0.25) is 0 Å². The molecule has 1 aliphatic rings. The molecule has 19 heavy (non-hydrogen) atoms. The summed E-state index contributed by atoms with van der Waals surface area (Å²) in [5, 5.41) is 8.06. The zero-order valence-corrected chi connectivity index (χ0v) is 11.9. The van der Waals surface area contributed by atoms with Crippen molar-refractivity contribution in [3.05, 3.63) is 41.0 Å². The number of nitrogens with one attached hydrogen (secondary N) is 1. The largest absolute Gasteiger partial charge is 0.338 e. The molecule has 1 aromatic carbocycles. The van der Waals surface area contributed by atoms with E-state index in [9.17, 15) is 0 Å². The van der Waals surface area contributed by atoms with Crippen LogP contribution in [0.3, 0.4) is 0 Å². The Bertz CT molecular complexity index is 556. The van der Waals surface area contributed by atoms with E-state index < -0.39 is 0 Å². The van der Waals surface area contributed by atoms with E-state index in [4.69, 9.17) is 16.1 Å². The molecule has 0 saturated heterocycles. The van der Waals surface area contributed by atoms with Gasteiger partial charge in [0, 0.05) is 16.0 Å². The maximum absolute atomic E-state index is 5.94. The number of aromatic nitrogens is 2. The van der Waals surface area contributed by atoms with Gasteiger partial charge in [-0.2, -0.15) is 4.98 Å². The lowest BCUT2D eigenvalue weighted by atomic mass is 10.4. The molecule has 6 heteroatoms. The van der Waals surface area contributed by atoms with E-state index in [1.807, 2.05) is 24.3 Å². The Labute approximate surface area is 120 Å². The average Bonchev–Trinajstić information content (AvgIpc) is 3.13. The Kier molecular flexibility index (Phi) is 4.06. The highest BCUT2D eigenvalue weighted by Crippen LogP contribution is 2.24. The van der Waals surface area contributed by atoms with Gasteiger partial charge in [-0.25, -0.2) is 0 Å². The maximum atomic E-state index is 5.94. The van der Waals surface area contributed by atoms with Gasteiger partial charge in [0.1, 0.15) is 0 Å². The van der Waals surface area contributed by atoms with E-state index in [2.05, 4.69) is 15.5 Å². The third kappa shape index (κ3) is 3.96. The van der Waals surface area contributed by atoms with Crippen molar-refractivity contribution in [2.24, 2.45) is 0 Å². The Morgan fingerprint density at radius 2 is 2.32 bits per heavy atom. The molecule has 0 amide bonds. The van der Waals surface area contributed by atoms with Crippen molar-refractivity contribution in [1.82, 2.24) is 15.5 Å². The number of halogens is 1. The van der Waals surface area contributed by atoms with E-state index in [1.54, 1.807) is 11.8 Å². The first-order valence-corrected chi connectivity index (χ1v) is 7.59. The van der Waals surface area contributed by atoms with Gasteiger partial charge in [0.2, 0.25) is 5.89 Å². The molecular weight excluding hydrogens is 282 g/mol. The molecule has 1 N–H and O–H groups in total. The lowest BCUT2D eigenvalue weighted by Crippen LogP contribution is -2.15. The molecule has 0 radical (unpaired) electrons. The second kappa shape index (κ2) is 5.94. The lowest BCUT2D eigenvalue weighted by Gasteiger charge is -1.98. The quantitative estimate of drug-likeness (QED) is 0.829. The molecule has 0 unspecified atom stereocenters. The van der Waals surface area contributed by atoms with Gasteiger partial charge in [0.05, 0.1) is 12.3 Å². The maximum Gasteiger partial charge on any atom is 0.240 e. The highest BCUT2D eigenvalue weighted by atomic mass is 35.5. The molecule has 0 spiro atoms. The Balaban J connectivity index is 1.51. The molecule has 1 saturated carbocycles. The molecule has 1 heterocycles. The van der Waals surface area contributed by atoms with Gasteiger partial charge in [0.15, 0.2) is 5.82 Å². The van der Waals surface area contributed by atoms with Gasteiger partial charge in [0.25, 0.3) is 0 Å². The van der Waals surface area contributed by atoms with E-state index in [1.165, 1.54) is 12.8 Å². The lowest BCUT2D eigenvalue weighted by molar-refractivity contribution is 0.363. The minimum Gasteiger partial charge on any atom is -0.338 e. The highest BCUT2D eigenvalue weighted by molar-refractivity contribution is 7.98. The normalized spacial score (nSPS) is 14.8. The summed E-state index contributed by atoms with van der Waals surface area (Å²) in [6, 6.07) is 8.40. The van der Waals surface area contributed by atoms with Crippen LogP contribution in [0.15, 0.2) is 33.7 Å². The zero-order chi connectivity index (χ0) is 13.1. The summed E-state index contributed by atoms with van der Waals surface area (Å²) in [6.45, 7) is 0.666. The molecule has 2 aromatic rings. The second-order valence-corrected chi connectivity index (χ2v) is 5.99. The van der Waals surface area contributed by atoms with Gasteiger partial charge in [-0.1, -0.05) is 22.8 Å². The number of rotatable bonds is 6. The van der Waals surface area contributed by atoms with Crippen LogP contribution in [0.1, 0.15) is 24.6 Å².